The number of nitrogens with zero attached hydrogens (tertiary/aromatic N) is 4. The second-order valence-corrected chi connectivity index (χ2v) is 4.25. The molecule has 6 nitrogen and oxygen atoms in total. The van der Waals surface area contributed by atoms with Crippen molar-refractivity contribution in [3.8, 4) is 6.07 Å². The third kappa shape index (κ3) is 2.90. The van der Waals surface area contributed by atoms with Crippen molar-refractivity contribution in [1.82, 2.24) is 4.98 Å². The van der Waals surface area contributed by atoms with E-state index >= 15 is 0 Å². The number of nitriles is 1. The first-order chi connectivity index (χ1) is 9.61. The predicted molar refractivity (Wildman–Crippen MR) is 74.2 cm³/mol. The van der Waals surface area contributed by atoms with Gasteiger partial charge in [-0.25, -0.2) is 0 Å². The van der Waals surface area contributed by atoms with Crippen molar-refractivity contribution in [2.24, 2.45) is 0 Å². The van der Waals surface area contributed by atoms with E-state index in [0.29, 0.717) is 12.2 Å². The minimum atomic E-state index is -0.511. The molecule has 1 aromatic carbocycles. The summed E-state index contributed by atoms with van der Waals surface area (Å²) in [5.74, 6) is 0. The first-order valence-electron chi connectivity index (χ1n) is 5.91. The number of hydrogen-bond donors (Lipinski definition) is 0. The molecule has 0 bridgehead atoms. The fraction of sp³-hybridized carbons (Fsp3) is 0.143. The van der Waals surface area contributed by atoms with E-state index in [1.807, 2.05) is 36.2 Å². The van der Waals surface area contributed by atoms with Gasteiger partial charge in [-0.3, -0.25) is 15.1 Å². The zero-order chi connectivity index (χ0) is 14.5. The standard InChI is InChI=1S/C14H12N4O2/c1-17(10-12-4-2-3-7-16-12)14-6-5-13(18(19)20)8-11(14)9-15/h2-8H,10H2,1H3. The Balaban J connectivity index is 2.28. The fourth-order valence-electron chi connectivity index (χ4n) is 1.88. The van der Waals surface area contributed by atoms with E-state index in [9.17, 15) is 10.1 Å². The maximum atomic E-state index is 10.7. The SMILES string of the molecule is CN(Cc1ccccn1)c1ccc([N+](=O)[O-])cc1C#N. The monoisotopic (exact) mass is 268 g/mol. The van der Waals surface area contributed by atoms with E-state index in [0.717, 1.165) is 5.69 Å². The highest BCUT2D eigenvalue weighted by Crippen LogP contribution is 2.24. The first kappa shape index (κ1) is 13.5. The molecule has 2 rings (SSSR count). The van der Waals surface area contributed by atoms with E-state index in [2.05, 4.69) is 4.98 Å². The molecule has 0 fully saturated rings. The lowest BCUT2D eigenvalue weighted by molar-refractivity contribution is -0.384. The Morgan fingerprint density at radius 3 is 2.80 bits per heavy atom. The summed E-state index contributed by atoms with van der Waals surface area (Å²) in [5.41, 5.74) is 1.69. The quantitative estimate of drug-likeness (QED) is 0.628. The first-order valence-corrected chi connectivity index (χ1v) is 5.91. The lowest BCUT2D eigenvalue weighted by Gasteiger charge is -2.19. The Bertz CT molecular complexity index is 665. The van der Waals surface area contributed by atoms with Gasteiger partial charge in [-0.15, -0.1) is 0 Å². The molecule has 0 spiro atoms. The molecule has 0 aliphatic rings. The predicted octanol–water partition coefficient (Wildman–Crippen LogP) is 2.50. The third-order valence-electron chi connectivity index (χ3n) is 2.85. The van der Waals surface area contributed by atoms with Gasteiger partial charge < -0.3 is 4.90 Å². The Hall–Kier alpha value is -2.94. The largest absolute Gasteiger partial charge is 0.368 e. The van der Waals surface area contributed by atoms with Gasteiger partial charge in [-0.05, 0) is 18.2 Å². The number of nitro benzene ring substituents is 1. The summed E-state index contributed by atoms with van der Waals surface area (Å²) in [5, 5.41) is 19.8. The van der Waals surface area contributed by atoms with E-state index in [1.165, 1.54) is 12.1 Å². The van der Waals surface area contributed by atoms with Gasteiger partial charge in [0.2, 0.25) is 0 Å². The molecule has 20 heavy (non-hydrogen) atoms. The Morgan fingerprint density at radius 1 is 1.40 bits per heavy atom. The lowest BCUT2D eigenvalue weighted by atomic mass is 10.1. The number of pyridine rings is 1. The summed E-state index contributed by atoms with van der Waals surface area (Å²) in [6.07, 6.45) is 1.70. The number of hydrogen-bond acceptors (Lipinski definition) is 5. The number of nitro groups is 1. The molecule has 1 heterocycles. The van der Waals surface area contributed by atoms with Crippen LogP contribution in [0.2, 0.25) is 0 Å². The van der Waals surface area contributed by atoms with Gasteiger partial charge >= 0.3 is 0 Å². The van der Waals surface area contributed by atoms with Crippen LogP contribution in [0.4, 0.5) is 11.4 Å². The van der Waals surface area contributed by atoms with E-state index < -0.39 is 4.92 Å². The van der Waals surface area contributed by atoms with Gasteiger partial charge in [0.25, 0.3) is 5.69 Å². The van der Waals surface area contributed by atoms with Crippen molar-refractivity contribution < 1.29 is 4.92 Å². The summed E-state index contributed by atoms with van der Waals surface area (Å²) >= 11 is 0. The molecule has 0 N–H and O–H groups in total. The van der Waals surface area contributed by atoms with E-state index in [4.69, 9.17) is 5.26 Å². The molecule has 0 saturated carbocycles. The van der Waals surface area contributed by atoms with Crippen molar-refractivity contribution in [3.05, 3.63) is 64.0 Å². The fourth-order valence-corrected chi connectivity index (χ4v) is 1.88. The van der Waals surface area contributed by atoms with Gasteiger partial charge in [-0.1, -0.05) is 6.07 Å². The summed E-state index contributed by atoms with van der Waals surface area (Å²) in [6.45, 7) is 0.521. The van der Waals surface area contributed by atoms with Gasteiger partial charge in [-0.2, -0.15) is 5.26 Å². The molecule has 0 radical (unpaired) electrons. The average Bonchev–Trinajstić information content (AvgIpc) is 2.47. The maximum Gasteiger partial charge on any atom is 0.270 e. The number of rotatable bonds is 4. The Kier molecular flexibility index (Phi) is 3.91. The van der Waals surface area contributed by atoms with Crippen molar-refractivity contribution in [2.75, 3.05) is 11.9 Å². The molecule has 0 unspecified atom stereocenters. The van der Waals surface area contributed by atoms with Crippen molar-refractivity contribution in [2.45, 2.75) is 6.54 Å². The minimum absolute atomic E-state index is 0.0865. The minimum Gasteiger partial charge on any atom is -0.368 e. The third-order valence-corrected chi connectivity index (χ3v) is 2.85. The molecular weight excluding hydrogens is 256 g/mol. The molecule has 0 saturated heterocycles. The van der Waals surface area contributed by atoms with Crippen LogP contribution in [-0.4, -0.2) is 17.0 Å². The molecule has 0 amide bonds. The van der Waals surface area contributed by atoms with Crippen LogP contribution in [0.15, 0.2) is 42.6 Å². The van der Waals surface area contributed by atoms with Crippen molar-refractivity contribution in [1.29, 1.82) is 5.26 Å². The van der Waals surface area contributed by atoms with Crippen molar-refractivity contribution >= 4 is 11.4 Å². The lowest BCUT2D eigenvalue weighted by Crippen LogP contribution is -2.18. The zero-order valence-corrected chi connectivity index (χ0v) is 10.9. The van der Waals surface area contributed by atoms with Crippen LogP contribution in [0.25, 0.3) is 0 Å². The summed E-state index contributed by atoms with van der Waals surface area (Å²) < 4.78 is 0. The van der Waals surface area contributed by atoms with Crippen LogP contribution in [0.3, 0.4) is 0 Å². The average molecular weight is 268 g/mol. The molecule has 6 heteroatoms. The topological polar surface area (TPSA) is 83.1 Å². The van der Waals surface area contributed by atoms with Gasteiger partial charge in [0.1, 0.15) is 6.07 Å². The molecule has 2 aromatic rings. The van der Waals surface area contributed by atoms with Gasteiger partial charge in [0.05, 0.1) is 28.4 Å². The van der Waals surface area contributed by atoms with Crippen LogP contribution in [-0.2, 0) is 6.54 Å². The molecule has 100 valence electrons. The number of benzene rings is 1. The van der Waals surface area contributed by atoms with E-state index in [-0.39, 0.29) is 11.3 Å². The van der Waals surface area contributed by atoms with Gasteiger partial charge in [0, 0.05) is 25.4 Å². The smallest absolute Gasteiger partial charge is 0.270 e. The molecule has 0 aliphatic heterocycles. The van der Waals surface area contributed by atoms with Gasteiger partial charge in [0.15, 0.2) is 0 Å². The second-order valence-electron chi connectivity index (χ2n) is 4.25. The maximum absolute atomic E-state index is 10.7. The highest BCUT2D eigenvalue weighted by atomic mass is 16.6. The van der Waals surface area contributed by atoms with Crippen LogP contribution in [0.5, 0.6) is 0 Å². The normalized spacial score (nSPS) is 9.80. The Labute approximate surface area is 116 Å². The molecule has 0 atom stereocenters. The number of anilines is 1. The highest BCUT2D eigenvalue weighted by molar-refractivity contribution is 5.62. The van der Waals surface area contributed by atoms with Crippen molar-refractivity contribution in [3.63, 3.8) is 0 Å². The van der Waals surface area contributed by atoms with Crippen LogP contribution < -0.4 is 4.90 Å². The summed E-state index contributed by atoms with van der Waals surface area (Å²) in [4.78, 5) is 16.3. The number of aromatic nitrogens is 1. The van der Waals surface area contributed by atoms with Crippen LogP contribution in [0.1, 0.15) is 11.3 Å². The molecule has 0 aliphatic carbocycles. The molecule has 1 aromatic heterocycles. The summed E-state index contributed by atoms with van der Waals surface area (Å²) in [6, 6.07) is 11.8. The molecular formula is C14H12N4O2. The zero-order valence-electron chi connectivity index (χ0n) is 10.9. The van der Waals surface area contributed by atoms with Crippen LogP contribution in [0, 0.1) is 21.4 Å². The van der Waals surface area contributed by atoms with Crippen LogP contribution >= 0.6 is 0 Å². The summed E-state index contributed by atoms with van der Waals surface area (Å²) in [7, 11) is 1.82. The number of non-ortho nitro benzene ring substituents is 1. The second kappa shape index (κ2) is 5.80. The Morgan fingerprint density at radius 2 is 2.20 bits per heavy atom. The van der Waals surface area contributed by atoms with E-state index in [1.54, 1.807) is 12.3 Å². The highest BCUT2D eigenvalue weighted by Gasteiger charge is 2.13.